The molecule has 0 bridgehead atoms. The van der Waals surface area contributed by atoms with Gasteiger partial charge in [-0.05, 0) is 31.0 Å². The minimum absolute atomic E-state index is 0.0332. The molecule has 1 aromatic heterocycles. The third-order valence-corrected chi connectivity index (χ3v) is 5.92. The van der Waals surface area contributed by atoms with E-state index in [9.17, 15) is 14.0 Å². The van der Waals surface area contributed by atoms with Crippen molar-refractivity contribution in [2.24, 2.45) is 5.92 Å². The van der Waals surface area contributed by atoms with Crippen molar-refractivity contribution >= 4 is 29.2 Å². The van der Waals surface area contributed by atoms with Gasteiger partial charge < -0.3 is 14.7 Å². The number of rotatable bonds is 3. The van der Waals surface area contributed by atoms with Gasteiger partial charge >= 0.3 is 0 Å². The standard InChI is InChI=1S/C21H23ClFN5O2/c22-16-3-4-18(23)17(12-16)21(30)27-10-8-26(9-11-27)20(29)15-2-1-7-28(14-15)19-13-24-5-6-25-19/h3-6,12-13,15H,1-2,7-11,14H2. The number of halogens is 2. The van der Waals surface area contributed by atoms with Crippen molar-refractivity contribution < 1.29 is 14.0 Å². The van der Waals surface area contributed by atoms with E-state index in [0.717, 1.165) is 25.2 Å². The molecule has 0 saturated carbocycles. The summed E-state index contributed by atoms with van der Waals surface area (Å²) in [4.78, 5) is 39.6. The van der Waals surface area contributed by atoms with Crippen LogP contribution in [0.1, 0.15) is 23.2 Å². The van der Waals surface area contributed by atoms with Crippen LogP contribution in [-0.4, -0.2) is 70.9 Å². The Bertz CT molecular complexity index is 921. The van der Waals surface area contributed by atoms with E-state index >= 15 is 0 Å². The lowest BCUT2D eigenvalue weighted by atomic mass is 9.96. The van der Waals surface area contributed by atoms with Gasteiger partial charge in [0.15, 0.2) is 0 Å². The minimum atomic E-state index is -0.589. The molecular weight excluding hydrogens is 409 g/mol. The first-order chi connectivity index (χ1) is 14.5. The lowest BCUT2D eigenvalue weighted by molar-refractivity contribution is -0.137. The maximum absolute atomic E-state index is 14.0. The Balaban J connectivity index is 1.35. The smallest absolute Gasteiger partial charge is 0.257 e. The average Bonchev–Trinajstić information content (AvgIpc) is 2.80. The molecule has 30 heavy (non-hydrogen) atoms. The Morgan fingerprint density at radius 1 is 1.07 bits per heavy atom. The number of carbonyl (C=O) groups excluding carboxylic acids is 2. The van der Waals surface area contributed by atoms with Crippen LogP contribution in [0.3, 0.4) is 0 Å². The van der Waals surface area contributed by atoms with Crippen molar-refractivity contribution in [1.82, 2.24) is 19.8 Å². The average molecular weight is 432 g/mol. The monoisotopic (exact) mass is 431 g/mol. The number of aromatic nitrogens is 2. The summed E-state index contributed by atoms with van der Waals surface area (Å²) in [6.07, 6.45) is 6.75. The van der Waals surface area contributed by atoms with Crippen LogP contribution >= 0.6 is 11.6 Å². The van der Waals surface area contributed by atoms with E-state index in [0.29, 0.717) is 37.7 Å². The van der Waals surface area contributed by atoms with Gasteiger partial charge in [-0.15, -0.1) is 0 Å². The molecule has 2 amide bonds. The molecule has 1 unspecified atom stereocenters. The second-order valence-corrected chi connectivity index (χ2v) is 8.03. The fourth-order valence-electron chi connectivity index (χ4n) is 4.06. The van der Waals surface area contributed by atoms with Crippen LogP contribution in [0.5, 0.6) is 0 Å². The predicted molar refractivity (Wildman–Crippen MR) is 111 cm³/mol. The number of anilines is 1. The molecule has 2 aliphatic heterocycles. The van der Waals surface area contributed by atoms with Gasteiger partial charge in [0.2, 0.25) is 5.91 Å². The van der Waals surface area contributed by atoms with Gasteiger partial charge in [-0.25, -0.2) is 9.37 Å². The van der Waals surface area contributed by atoms with Crippen molar-refractivity contribution in [2.75, 3.05) is 44.2 Å². The minimum Gasteiger partial charge on any atom is -0.355 e. The highest BCUT2D eigenvalue weighted by molar-refractivity contribution is 6.31. The summed E-state index contributed by atoms with van der Waals surface area (Å²) in [7, 11) is 0. The zero-order valence-corrected chi connectivity index (χ0v) is 17.3. The van der Waals surface area contributed by atoms with Crippen LogP contribution in [0.15, 0.2) is 36.8 Å². The third-order valence-electron chi connectivity index (χ3n) is 5.68. The fraction of sp³-hybridized carbons (Fsp3) is 0.429. The zero-order chi connectivity index (χ0) is 21.1. The van der Waals surface area contributed by atoms with E-state index in [1.165, 1.54) is 18.2 Å². The van der Waals surface area contributed by atoms with Crippen LogP contribution in [0, 0.1) is 11.7 Å². The van der Waals surface area contributed by atoms with E-state index in [-0.39, 0.29) is 17.4 Å². The van der Waals surface area contributed by atoms with Gasteiger partial charge in [-0.2, -0.15) is 0 Å². The number of piperazine rings is 1. The van der Waals surface area contributed by atoms with Crippen molar-refractivity contribution in [3.05, 3.63) is 53.2 Å². The van der Waals surface area contributed by atoms with Gasteiger partial charge in [0.25, 0.3) is 5.91 Å². The van der Waals surface area contributed by atoms with Gasteiger partial charge in [0, 0.05) is 56.7 Å². The van der Waals surface area contributed by atoms with Gasteiger partial charge in [-0.3, -0.25) is 14.6 Å². The lowest BCUT2D eigenvalue weighted by Crippen LogP contribution is -2.53. The summed E-state index contributed by atoms with van der Waals surface area (Å²) < 4.78 is 14.0. The Hall–Kier alpha value is -2.74. The number of hydrogen-bond acceptors (Lipinski definition) is 5. The molecule has 9 heteroatoms. The first-order valence-electron chi connectivity index (χ1n) is 10.1. The number of amides is 2. The van der Waals surface area contributed by atoms with Crippen LogP contribution < -0.4 is 4.90 Å². The first kappa shape index (κ1) is 20.5. The molecule has 2 aliphatic rings. The Morgan fingerprint density at radius 3 is 2.57 bits per heavy atom. The first-order valence-corrected chi connectivity index (χ1v) is 10.4. The van der Waals surface area contributed by atoms with Crippen molar-refractivity contribution in [3.8, 4) is 0 Å². The molecule has 0 radical (unpaired) electrons. The Labute approximate surface area is 179 Å². The molecule has 2 saturated heterocycles. The second-order valence-electron chi connectivity index (χ2n) is 7.59. The summed E-state index contributed by atoms with van der Waals surface area (Å²) in [5, 5.41) is 0.318. The third kappa shape index (κ3) is 4.38. The molecule has 1 aromatic carbocycles. The molecule has 4 rings (SSSR count). The normalized spacial score (nSPS) is 19.7. The zero-order valence-electron chi connectivity index (χ0n) is 16.5. The van der Waals surface area contributed by atoms with Crippen molar-refractivity contribution in [2.45, 2.75) is 12.8 Å². The molecule has 158 valence electrons. The number of carbonyl (C=O) groups is 2. The molecule has 3 heterocycles. The van der Waals surface area contributed by atoms with Crippen LogP contribution in [0.4, 0.5) is 10.2 Å². The topological polar surface area (TPSA) is 69.6 Å². The van der Waals surface area contributed by atoms with Crippen molar-refractivity contribution in [1.29, 1.82) is 0 Å². The Morgan fingerprint density at radius 2 is 1.83 bits per heavy atom. The molecule has 0 aliphatic carbocycles. The van der Waals surface area contributed by atoms with Crippen LogP contribution in [0.25, 0.3) is 0 Å². The predicted octanol–water partition coefficient (Wildman–Crippen LogP) is 2.47. The fourth-order valence-corrected chi connectivity index (χ4v) is 4.23. The number of piperidine rings is 1. The molecular formula is C21H23ClFN5O2. The van der Waals surface area contributed by atoms with E-state index in [4.69, 9.17) is 11.6 Å². The summed E-state index contributed by atoms with van der Waals surface area (Å²) >= 11 is 5.90. The van der Waals surface area contributed by atoms with Gasteiger partial charge in [-0.1, -0.05) is 11.6 Å². The molecule has 0 spiro atoms. The van der Waals surface area contributed by atoms with E-state index < -0.39 is 11.7 Å². The largest absolute Gasteiger partial charge is 0.355 e. The highest BCUT2D eigenvalue weighted by Gasteiger charge is 2.32. The second kappa shape index (κ2) is 8.95. The Kier molecular flexibility index (Phi) is 6.13. The molecule has 1 atom stereocenters. The highest BCUT2D eigenvalue weighted by Crippen LogP contribution is 2.24. The number of nitrogens with zero attached hydrogens (tertiary/aromatic N) is 5. The summed E-state index contributed by atoms with van der Waals surface area (Å²) in [5.41, 5.74) is -0.0332. The summed E-state index contributed by atoms with van der Waals surface area (Å²) in [5.74, 6) is -0.199. The van der Waals surface area contributed by atoms with Crippen LogP contribution in [0.2, 0.25) is 5.02 Å². The SMILES string of the molecule is O=C(c1cc(Cl)ccc1F)N1CCN(C(=O)C2CCCN(c3cnccn3)C2)CC1. The highest BCUT2D eigenvalue weighted by atomic mass is 35.5. The van der Waals surface area contributed by atoms with E-state index in [2.05, 4.69) is 14.9 Å². The van der Waals surface area contributed by atoms with Gasteiger partial charge in [0.1, 0.15) is 11.6 Å². The summed E-state index contributed by atoms with van der Waals surface area (Å²) in [6.45, 7) is 3.09. The van der Waals surface area contributed by atoms with Crippen LogP contribution in [-0.2, 0) is 4.79 Å². The number of benzene rings is 1. The molecule has 0 N–H and O–H groups in total. The molecule has 2 aromatic rings. The van der Waals surface area contributed by atoms with E-state index in [1.54, 1.807) is 23.5 Å². The molecule has 7 nitrogen and oxygen atoms in total. The van der Waals surface area contributed by atoms with Crippen molar-refractivity contribution in [3.63, 3.8) is 0 Å². The molecule has 2 fully saturated rings. The van der Waals surface area contributed by atoms with E-state index in [1.807, 2.05) is 4.90 Å². The quantitative estimate of drug-likeness (QED) is 0.746. The summed E-state index contributed by atoms with van der Waals surface area (Å²) in [6, 6.07) is 3.96. The van der Waals surface area contributed by atoms with Gasteiger partial charge in [0.05, 0.1) is 17.7 Å². The number of hydrogen-bond donors (Lipinski definition) is 0. The lowest BCUT2D eigenvalue weighted by Gasteiger charge is -2.39. The maximum Gasteiger partial charge on any atom is 0.257 e. The maximum atomic E-state index is 14.0.